The Balaban J connectivity index is 1.59. The minimum atomic E-state index is -0.822. The number of aryl methyl sites for hydroxylation is 1. The number of carbonyl (C=O) groups excluding carboxylic acids is 2. The van der Waals surface area contributed by atoms with Crippen molar-refractivity contribution in [1.29, 1.82) is 0 Å². The Morgan fingerprint density at radius 1 is 1.14 bits per heavy atom. The maximum Gasteiger partial charge on any atom is 0.290 e. The molecule has 0 fully saturated rings. The topological polar surface area (TPSA) is 92.9 Å². The number of rotatable bonds is 7. The quantitative estimate of drug-likeness (QED) is 0.347. The van der Waals surface area contributed by atoms with Crippen molar-refractivity contribution in [3.05, 3.63) is 106 Å². The molecule has 1 amide bonds. The Hall–Kier alpha value is -4.17. The number of hydrogen-bond donors (Lipinski definition) is 1. The van der Waals surface area contributed by atoms with Crippen LogP contribution >= 0.6 is 11.3 Å². The van der Waals surface area contributed by atoms with Gasteiger partial charge in [-0.05, 0) is 36.8 Å². The number of methoxy groups -OCH3 is 1. The summed E-state index contributed by atoms with van der Waals surface area (Å²) in [5.41, 5.74) is 2.09. The molecular formula is C27H22N2O5S. The van der Waals surface area contributed by atoms with E-state index in [-0.39, 0.29) is 12.1 Å². The van der Waals surface area contributed by atoms with Gasteiger partial charge in [-0.1, -0.05) is 42.5 Å². The highest BCUT2D eigenvalue weighted by atomic mass is 32.1. The van der Waals surface area contributed by atoms with Crippen LogP contribution in [0.4, 0.5) is 0 Å². The monoisotopic (exact) mass is 486 g/mol. The van der Waals surface area contributed by atoms with Crippen LogP contribution in [0.1, 0.15) is 32.7 Å². The molecule has 2 aromatic carbocycles. The number of ether oxygens (including phenoxy) is 1. The van der Waals surface area contributed by atoms with Crippen molar-refractivity contribution in [2.75, 3.05) is 7.11 Å². The molecular weight excluding hydrogens is 464 g/mol. The second-order valence-corrected chi connectivity index (χ2v) is 9.08. The number of amides is 1. The van der Waals surface area contributed by atoms with Gasteiger partial charge in [0.1, 0.15) is 16.5 Å². The lowest BCUT2D eigenvalue weighted by atomic mass is 9.95. The number of aromatic nitrogens is 1. The largest absolute Gasteiger partial charge is 0.503 e. The van der Waals surface area contributed by atoms with E-state index in [4.69, 9.17) is 9.15 Å². The number of Topliss-reactive ketones (excluding diaryl/α,β-unsaturated/α-hetero) is 1. The van der Waals surface area contributed by atoms with Gasteiger partial charge in [0.15, 0.2) is 5.76 Å². The van der Waals surface area contributed by atoms with Crippen LogP contribution in [0.5, 0.6) is 5.75 Å². The number of hydrogen-bond acceptors (Lipinski definition) is 7. The minimum absolute atomic E-state index is 0.0150. The van der Waals surface area contributed by atoms with Crippen molar-refractivity contribution in [2.24, 2.45) is 0 Å². The Labute approximate surface area is 205 Å². The molecule has 0 radical (unpaired) electrons. The third-order valence-corrected chi connectivity index (χ3v) is 7.09. The molecule has 176 valence electrons. The lowest BCUT2D eigenvalue weighted by Crippen LogP contribution is -2.30. The Morgan fingerprint density at radius 2 is 1.94 bits per heavy atom. The van der Waals surface area contributed by atoms with E-state index in [1.54, 1.807) is 50.4 Å². The van der Waals surface area contributed by atoms with Crippen LogP contribution in [0.2, 0.25) is 0 Å². The summed E-state index contributed by atoms with van der Waals surface area (Å²) in [5.74, 6) is -0.520. The molecule has 4 aromatic rings. The summed E-state index contributed by atoms with van der Waals surface area (Å²) in [6.45, 7) is 1.84. The van der Waals surface area contributed by atoms with Crippen LogP contribution in [-0.4, -0.2) is 33.8 Å². The maximum atomic E-state index is 13.9. The molecule has 1 aliphatic rings. The molecule has 8 heteroatoms. The second kappa shape index (κ2) is 9.23. The lowest BCUT2D eigenvalue weighted by molar-refractivity contribution is -0.130. The molecule has 7 nitrogen and oxygen atoms in total. The van der Waals surface area contributed by atoms with Crippen molar-refractivity contribution < 1.29 is 23.8 Å². The van der Waals surface area contributed by atoms with Gasteiger partial charge in [-0.2, -0.15) is 0 Å². The normalized spacial score (nSPS) is 15.7. The van der Waals surface area contributed by atoms with Gasteiger partial charge in [0, 0.05) is 5.56 Å². The summed E-state index contributed by atoms with van der Waals surface area (Å²) < 4.78 is 10.8. The zero-order valence-electron chi connectivity index (χ0n) is 19.1. The van der Waals surface area contributed by atoms with Gasteiger partial charge in [-0.3, -0.25) is 9.59 Å². The van der Waals surface area contributed by atoms with Crippen LogP contribution in [0.25, 0.3) is 10.6 Å². The molecule has 1 N–H and O–H groups in total. The number of thiazole rings is 1. The molecule has 1 atom stereocenters. The first-order valence-electron chi connectivity index (χ1n) is 11.0. The molecule has 0 spiro atoms. The van der Waals surface area contributed by atoms with Crippen LogP contribution in [0.15, 0.2) is 88.7 Å². The van der Waals surface area contributed by atoms with Gasteiger partial charge >= 0.3 is 0 Å². The Kier molecular flexibility index (Phi) is 5.96. The standard InChI is InChI=1S/C27H22N2O5S/c1-16-25(35-26(28-16)17-8-4-3-5-9-17)23(30)21-22(18-10-6-11-19(14-18)33-2)29(27(32)24(21)31)15-20-12-7-13-34-20/h3-14,22,31H,15H2,1-2H3. The summed E-state index contributed by atoms with van der Waals surface area (Å²) in [4.78, 5) is 33.5. The van der Waals surface area contributed by atoms with E-state index < -0.39 is 23.5 Å². The second-order valence-electron chi connectivity index (χ2n) is 8.08. The number of carbonyl (C=O) groups is 2. The van der Waals surface area contributed by atoms with Crippen LogP contribution < -0.4 is 4.74 Å². The zero-order valence-corrected chi connectivity index (χ0v) is 19.9. The summed E-state index contributed by atoms with van der Waals surface area (Å²) >= 11 is 1.24. The van der Waals surface area contributed by atoms with E-state index in [1.165, 1.54) is 22.5 Å². The van der Waals surface area contributed by atoms with Crippen LogP contribution in [0, 0.1) is 6.92 Å². The Morgan fingerprint density at radius 3 is 2.66 bits per heavy atom. The van der Waals surface area contributed by atoms with Gasteiger partial charge in [0.25, 0.3) is 5.91 Å². The number of aliphatic hydroxyl groups excluding tert-OH is 1. The molecule has 1 unspecified atom stereocenters. The van der Waals surface area contributed by atoms with E-state index in [1.807, 2.05) is 30.3 Å². The predicted molar refractivity (Wildman–Crippen MR) is 131 cm³/mol. The smallest absolute Gasteiger partial charge is 0.290 e. The van der Waals surface area contributed by atoms with E-state index in [2.05, 4.69) is 4.98 Å². The van der Waals surface area contributed by atoms with Gasteiger partial charge in [-0.25, -0.2) is 4.98 Å². The van der Waals surface area contributed by atoms with Crippen molar-refractivity contribution in [3.8, 4) is 16.3 Å². The van der Waals surface area contributed by atoms with Crippen LogP contribution in [-0.2, 0) is 11.3 Å². The molecule has 0 saturated carbocycles. The summed E-state index contributed by atoms with van der Waals surface area (Å²) in [5, 5.41) is 11.6. The summed E-state index contributed by atoms with van der Waals surface area (Å²) in [6, 6.07) is 19.3. The van der Waals surface area contributed by atoms with Gasteiger partial charge in [0.05, 0.1) is 42.1 Å². The molecule has 0 aliphatic carbocycles. The van der Waals surface area contributed by atoms with E-state index in [0.29, 0.717) is 32.7 Å². The van der Waals surface area contributed by atoms with Gasteiger partial charge in [0.2, 0.25) is 5.78 Å². The van der Waals surface area contributed by atoms with Crippen molar-refractivity contribution >= 4 is 23.0 Å². The average molecular weight is 487 g/mol. The van der Waals surface area contributed by atoms with Crippen molar-refractivity contribution in [2.45, 2.75) is 19.5 Å². The van der Waals surface area contributed by atoms with E-state index in [0.717, 1.165) is 5.56 Å². The first kappa shape index (κ1) is 22.6. The minimum Gasteiger partial charge on any atom is -0.503 e. The first-order chi connectivity index (χ1) is 17.0. The van der Waals surface area contributed by atoms with Gasteiger partial charge < -0.3 is 19.2 Å². The number of aliphatic hydroxyl groups is 1. The zero-order chi connectivity index (χ0) is 24.5. The number of furan rings is 1. The molecule has 3 heterocycles. The molecule has 1 aliphatic heterocycles. The number of ketones is 1. The lowest BCUT2D eigenvalue weighted by Gasteiger charge is -2.26. The highest BCUT2D eigenvalue weighted by molar-refractivity contribution is 7.17. The fourth-order valence-corrected chi connectivity index (χ4v) is 5.24. The van der Waals surface area contributed by atoms with E-state index >= 15 is 0 Å². The Bertz CT molecular complexity index is 1420. The molecule has 0 saturated heterocycles. The highest BCUT2D eigenvalue weighted by Gasteiger charge is 2.45. The highest BCUT2D eigenvalue weighted by Crippen LogP contribution is 2.42. The first-order valence-corrected chi connectivity index (χ1v) is 11.8. The third-order valence-electron chi connectivity index (χ3n) is 5.89. The maximum absolute atomic E-state index is 13.9. The predicted octanol–water partition coefficient (Wildman–Crippen LogP) is 5.50. The summed E-state index contributed by atoms with van der Waals surface area (Å²) in [6.07, 6.45) is 1.52. The summed E-state index contributed by atoms with van der Waals surface area (Å²) in [7, 11) is 1.55. The van der Waals surface area contributed by atoms with Gasteiger partial charge in [-0.15, -0.1) is 11.3 Å². The molecule has 2 aromatic heterocycles. The molecule has 0 bridgehead atoms. The fraction of sp³-hybridized carbons (Fsp3) is 0.148. The van der Waals surface area contributed by atoms with E-state index in [9.17, 15) is 14.7 Å². The van der Waals surface area contributed by atoms with Crippen molar-refractivity contribution in [3.63, 3.8) is 0 Å². The molecule has 35 heavy (non-hydrogen) atoms. The number of nitrogens with zero attached hydrogens (tertiary/aromatic N) is 2. The SMILES string of the molecule is COc1cccc(C2C(C(=O)c3sc(-c4ccccc4)nc3C)=C(O)C(=O)N2Cc2ccco2)c1. The van der Waals surface area contributed by atoms with Crippen molar-refractivity contribution in [1.82, 2.24) is 9.88 Å². The average Bonchev–Trinajstić information content (AvgIpc) is 3.60. The fourth-order valence-electron chi connectivity index (χ4n) is 4.21. The third kappa shape index (κ3) is 4.13. The van der Waals surface area contributed by atoms with Crippen LogP contribution in [0.3, 0.4) is 0 Å². The molecule has 5 rings (SSSR count). The number of benzene rings is 2.